The number of carbonyl (C=O) groups excluding carboxylic acids is 3. The number of quaternary nitrogens is 1. The molecule has 65 heavy (non-hydrogen) atoms. The normalized spacial score (nSPS) is 13.9. The molecule has 0 aliphatic carbocycles. The highest BCUT2D eigenvalue weighted by atomic mass is 16.7. The number of hydrogen-bond acceptors (Lipinski definition) is 8. The van der Waals surface area contributed by atoms with Gasteiger partial charge < -0.3 is 33.3 Å². The number of ether oxygens (including phenoxy) is 4. The van der Waals surface area contributed by atoms with Crippen LogP contribution in [0.15, 0.2) is 122 Å². The molecule has 0 aromatic heterocycles. The van der Waals surface area contributed by atoms with Crippen LogP contribution in [0.25, 0.3) is 0 Å². The Balaban J connectivity index is 4.40. The summed E-state index contributed by atoms with van der Waals surface area (Å²) in [5, 5.41) is 11.7. The van der Waals surface area contributed by atoms with Crippen LogP contribution < -0.4 is 5.11 Å². The summed E-state index contributed by atoms with van der Waals surface area (Å²) >= 11 is 0. The Kier molecular flexibility index (Phi) is 43.2. The summed E-state index contributed by atoms with van der Waals surface area (Å²) in [6.45, 7) is 4.38. The third-order valence-corrected chi connectivity index (χ3v) is 9.72. The Morgan fingerprint density at radius 3 is 1.29 bits per heavy atom. The van der Waals surface area contributed by atoms with Crippen molar-refractivity contribution >= 4 is 17.9 Å². The SMILES string of the molecule is CC/C=C\C/C=C\C/C=C\C/C=C\C/C=C\C/C=C\CCCCCCCCCCC(=O)OC(COC(=O)CC/C=C\C/C=C\C/C=C\C/C=C\CC)COC(OCC[N+](C)(C)C)C(=O)[O-]. The van der Waals surface area contributed by atoms with E-state index in [4.69, 9.17) is 18.9 Å². The molecular formula is C56H89NO8. The lowest BCUT2D eigenvalue weighted by molar-refractivity contribution is -0.870. The number of likely N-dealkylation sites (N-methyl/N-ethyl adjacent to an activating group) is 1. The first-order chi connectivity index (χ1) is 31.6. The third kappa shape index (κ3) is 47.5. The molecule has 0 aromatic rings. The minimum atomic E-state index is -1.65. The predicted molar refractivity (Wildman–Crippen MR) is 269 cm³/mol. The van der Waals surface area contributed by atoms with E-state index in [0.717, 1.165) is 89.9 Å². The lowest BCUT2D eigenvalue weighted by Crippen LogP contribution is -2.44. The Morgan fingerprint density at radius 1 is 0.462 bits per heavy atom. The van der Waals surface area contributed by atoms with Crippen LogP contribution in [0.5, 0.6) is 0 Å². The minimum absolute atomic E-state index is 0.128. The van der Waals surface area contributed by atoms with E-state index in [9.17, 15) is 19.5 Å². The molecular weight excluding hydrogens is 815 g/mol. The predicted octanol–water partition coefficient (Wildman–Crippen LogP) is 12.4. The Morgan fingerprint density at radius 2 is 0.862 bits per heavy atom. The van der Waals surface area contributed by atoms with Crippen molar-refractivity contribution in [2.45, 2.75) is 167 Å². The van der Waals surface area contributed by atoms with Crippen molar-refractivity contribution in [3.8, 4) is 0 Å². The van der Waals surface area contributed by atoms with E-state index in [2.05, 4.69) is 123 Å². The fourth-order valence-electron chi connectivity index (χ4n) is 5.96. The van der Waals surface area contributed by atoms with Gasteiger partial charge in [0.05, 0.1) is 40.3 Å². The number of nitrogens with zero attached hydrogens (tertiary/aromatic N) is 1. The maximum absolute atomic E-state index is 12.8. The molecule has 0 rings (SSSR count). The van der Waals surface area contributed by atoms with Gasteiger partial charge in [-0.1, -0.05) is 174 Å². The van der Waals surface area contributed by atoms with Gasteiger partial charge >= 0.3 is 11.9 Å². The lowest BCUT2D eigenvalue weighted by atomic mass is 10.1. The molecule has 0 N–H and O–H groups in total. The number of rotatable bonds is 43. The fraction of sp³-hybridized carbons (Fsp3) is 0.589. The van der Waals surface area contributed by atoms with Crippen LogP contribution in [0.2, 0.25) is 0 Å². The summed E-state index contributed by atoms with van der Waals surface area (Å²) in [6.07, 6.45) is 61.1. The summed E-state index contributed by atoms with van der Waals surface area (Å²) in [6, 6.07) is 0. The molecule has 0 radical (unpaired) electrons. The maximum Gasteiger partial charge on any atom is 0.306 e. The molecule has 0 bridgehead atoms. The Hall–Kier alpha value is -4.31. The monoisotopic (exact) mass is 904 g/mol. The van der Waals surface area contributed by atoms with E-state index in [1.807, 2.05) is 33.3 Å². The topological polar surface area (TPSA) is 111 Å². The summed E-state index contributed by atoms with van der Waals surface area (Å²) in [4.78, 5) is 37.0. The molecule has 0 saturated carbocycles. The highest BCUT2D eigenvalue weighted by molar-refractivity contribution is 5.70. The van der Waals surface area contributed by atoms with Crippen LogP contribution in [0.3, 0.4) is 0 Å². The van der Waals surface area contributed by atoms with Crippen molar-refractivity contribution < 1.29 is 42.9 Å². The minimum Gasteiger partial charge on any atom is -0.545 e. The van der Waals surface area contributed by atoms with Crippen LogP contribution in [-0.2, 0) is 33.3 Å². The number of hydrogen-bond donors (Lipinski definition) is 0. The summed E-state index contributed by atoms with van der Waals surface area (Å²) in [5.41, 5.74) is 0. The first kappa shape index (κ1) is 60.7. The van der Waals surface area contributed by atoms with Crippen LogP contribution in [0, 0.1) is 0 Å². The molecule has 0 spiro atoms. The largest absolute Gasteiger partial charge is 0.545 e. The molecule has 0 saturated heterocycles. The molecule has 0 amide bonds. The summed E-state index contributed by atoms with van der Waals surface area (Å²) in [7, 11) is 5.87. The highest BCUT2D eigenvalue weighted by Gasteiger charge is 2.21. The second-order valence-electron chi connectivity index (χ2n) is 17.0. The Labute approximate surface area is 396 Å². The van der Waals surface area contributed by atoms with Crippen LogP contribution in [-0.4, -0.2) is 82.3 Å². The van der Waals surface area contributed by atoms with E-state index < -0.39 is 30.3 Å². The number of esters is 2. The highest BCUT2D eigenvalue weighted by Crippen LogP contribution is 2.13. The molecule has 0 aliphatic rings. The molecule has 9 heteroatoms. The lowest BCUT2D eigenvalue weighted by Gasteiger charge is -2.26. The van der Waals surface area contributed by atoms with Gasteiger partial charge in [0, 0.05) is 12.8 Å². The van der Waals surface area contributed by atoms with Gasteiger partial charge in [0.25, 0.3) is 0 Å². The van der Waals surface area contributed by atoms with Gasteiger partial charge in [-0.2, -0.15) is 0 Å². The number of aliphatic carboxylic acids is 1. The second kappa shape index (κ2) is 46.2. The standard InChI is InChI=1S/C56H89NO8/c1-6-8-10-12-14-16-18-20-21-22-23-24-25-26-27-28-29-30-31-32-33-35-37-39-41-43-45-47-54(59)65-52(51-64-56(55(60)61)62-49-48-57(3,4)5)50-63-53(58)46-44-42-40-38-36-34-19-17-15-13-11-9-7-2/h8-11,14-17,20-21,23-24,26-27,29-30,34,36,40,42,52,56H,6-7,12-13,18-19,22,25,28,31-33,35,37-39,41,43-51H2,1-5H3/b10-8-,11-9-,16-14-,17-15-,21-20-,24-23-,27-26-,30-29-,36-34-,42-40-. The van der Waals surface area contributed by atoms with Gasteiger partial charge in [-0.05, 0) is 89.9 Å². The van der Waals surface area contributed by atoms with Crippen molar-refractivity contribution in [3.63, 3.8) is 0 Å². The number of unbranched alkanes of at least 4 members (excludes halogenated alkanes) is 8. The van der Waals surface area contributed by atoms with Gasteiger partial charge in [-0.3, -0.25) is 9.59 Å². The first-order valence-corrected chi connectivity index (χ1v) is 24.7. The number of carboxylic acid groups (broad SMARTS) is 1. The quantitative estimate of drug-likeness (QED) is 0.0196. The van der Waals surface area contributed by atoms with Crippen molar-refractivity contribution in [3.05, 3.63) is 122 Å². The zero-order chi connectivity index (χ0) is 47.7. The molecule has 0 aliphatic heterocycles. The zero-order valence-corrected chi connectivity index (χ0v) is 41.3. The molecule has 0 fully saturated rings. The molecule has 9 nitrogen and oxygen atoms in total. The van der Waals surface area contributed by atoms with Crippen LogP contribution in [0.1, 0.15) is 155 Å². The third-order valence-electron chi connectivity index (χ3n) is 9.72. The van der Waals surface area contributed by atoms with Crippen molar-refractivity contribution in [1.82, 2.24) is 0 Å². The van der Waals surface area contributed by atoms with Crippen molar-refractivity contribution in [2.75, 3.05) is 47.5 Å². The van der Waals surface area contributed by atoms with Gasteiger partial charge in [-0.25, -0.2) is 0 Å². The van der Waals surface area contributed by atoms with E-state index in [1.165, 1.54) is 25.7 Å². The fourth-order valence-corrected chi connectivity index (χ4v) is 5.96. The number of carbonyl (C=O) groups is 3. The Bertz CT molecular complexity index is 1470. The maximum atomic E-state index is 12.8. The van der Waals surface area contributed by atoms with Crippen molar-refractivity contribution in [1.29, 1.82) is 0 Å². The van der Waals surface area contributed by atoms with Crippen molar-refractivity contribution in [2.24, 2.45) is 0 Å². The molecule has 0 heterocycles. The molecule has 2 atom stereocenters. The van der Waals surface area contributed by atoms with E-state index in [1.54, 1.807) is 0 Å². The average molecular weight is 904 g/mol. The molecule has 0 aromatic carbocycles. The van der Waals surface area contributed by atoms with E-state index in [0.29, 0.717) is 23.9 Å². The molecule has 366 valence electrons. The average Bonchev–Trinajstić information content (AvgIpc) is 3.27. The number of carboxylic acids is 1. The van der Waals surface area contributed by atoms with Gasteiger partial charge in [-0.15, -0.1) is 0 Å². The first-order valence-electron chi connectivity index (χ1n) is 24.7. The summed E-state index contributed by atoms with van der Waals surface area (Å²) in [5.74, 6) is -2.42. The van der Waals surface area contributed by atoms with Gasteiger partial charge in [0.15, 0.2) is 12.4 Å². The van der Waals surface area contributed by atoms with Gasteiger partial charge in [0.2, 0.25) is 0 Å². The summed E-state index contributed by atoms with van der Waals surface area (Å²) < 4.78 is 22.5. The van der Waals surface area contributed by atoms with Crippen LogP contribution >= 0.6 is 0 Å². The molecule has 2 unspecified atom stereocenters. The van der Waals surface area contributed by atoms with E-state index >= 15 is 0 Å². The second-order valence-corrected chi connectivity index (χ2v) is 17.0. The van der Waals surface area contributed by atoms with Gasteiger partial charge in [0.1, 0.15) is 13.2 Å². The van der Waals surface area contributed by atoms with E-state index in [-0.39, 0.29) is 32.7 Å². The van der Waals surface area contributed by atoms with Crippen LogP contribution in [0.4, 0.5) is 0 Å². The zero-order valence-electron chi connectivity index (χ0n) is 41.3. The number of allylic oxidation sites excluding steroid dienone is 20. The smallest absolute Gasteiger partial charge is 0.306 e.